The lowest BCUT2D eigenvalue weighted by molar-refractivity contribution is 0.306. The Labute approximate surface area is 131 Å². The van der Waals surface area contributed by atoms with Crippen LogP contribution < -0.4 is 10.1 Å². The zero-order valence-electron chi connectivity index (χ0n) is 14.0. The van der Waals surface area contributed by atoms with Crippen molar-refractivity contribution in [2.75, 3.05) is 13.2 Å². The van der Waals surface area contributed by atoms with E-state index < -0.39 is 0 Å². The molecule has 0 aliphatic rings. The molecule has 0 bridgehead atoms. The molecular weight excluding hydrogens is 258 g/mol. The maximum Gasteiger partial charge on any atom is 0.119 e. The number of ether oxygens (including phenoxy) is 1. The van der Waals surface area contributed by atoms with Crippen molar-refractivity contribution in [2.45, 2.75) is 71.8 Å². The highest BCUT2D eigenvalue weighted by Crippen LogP contribution is 2.13. The van der Waals surface area contributed by atoms with Crippen molar-refractivity contribution < 1.29 is 4.74 Å². The molecule has 0 atom stereocenters. The van der Waals surface area contributed by atoms with E-state index >= 15 is 0 Å². The standard InChI is InChI=1S/C19H33NO/c1-3-5-7-8-9-15-20-17-18-11-13-19(14-12-18)21-16-10-6-4-2/h11-14,20H,3-10,15-17H2,1-2H3. The highest BCUT2D eigenvalue weighted by atomic mass is 16.5. The molecule has 0 saturated heterocycles. The Balaban J connectivity index is 2.07. The van der Waals surface area contributed by atoms with Gasteiger partial charge in [0.1, 0.15) is 5.75 Å². The maximum absolute atomic E-state index is 5.72. The number of rotatable bonds is 13. The molecule has 1 aromatic rings. The summed E-state index contributed by atoms with van der Waals surface area (Å²) in [4.78, 5) is 0. The van der Waals surface area contributed by atoms with Gasteiger partial charge in [-0.3, -0.25) is 0 Å². The number of hydrogen-bond donors (Lipinski definition) is 1. The molecule has 0 aliphatic heterocycles. The quantitative estimate of drug-likeness (QED) is 0.497. The van der Waals surface area contributed by atoms with E-state index in [1.54, 1.807) is 0 Å². The Morgan fingerprint density at radius 2 is 1.48 bits per heavy atom. The van der Waals surface area contributed by atoms with Crippen LogP contribution in [0.15, 0.2) is 24.3 Å². The van der Waals surface area contributed by atoms with Gasteiger partial charge in [0.2, 0.25) is 0 Å². The molecule has 0 amide bonds. The molecule has 0 heterocycles. The number of benzene rings is 1. The average molecular weight is 291 g/mol. The summed E-state index contributed by atoms with van der Waals surface area (Å²) in [5.74, 6) is 0.995. The topological polar surface area (TPSA) is 21.3 Å². The molecule has 0 radical (unpaired) electrons. The first-order valence-corrected chi connectivity index (χ1v) is 8.79. The molecule has 2 heteroatoms. The third kappa shape index (κ3) is 9.52. The van der Waals surface area contributed by atoms with Crippen molar-refractivity contribution in [3.05, 3.63) is 29.8 Å². The molecule has 0 saturated carbocycles. The Morgan fingerprint density at radius 3 is 2.19 bits per heavy atom. The van der Waals surface area contributed by atoms with Crippen molar-refractivity contribution in [3.63, 3.8) is 0 Å². The first kappa shape index (κ1) is 18.0. The molecule has 0 aliphatic carbocycles. The van der Waals surface area contributed by atoms with E-state index in [9.17, 15) is 0 Å². The van der Waals surface area contributed by atoms with Gasteiger partial charge in [0, 0.05) is 6.54 Å². The Hall–Kier alpha value is -1.02. The first-order chi connectivity index (χ1) is 10.4. The van der Waals surface area contributed by atoms with E-state index in [0.717, 1.165) is 31.9 Å². The van der Waals surface area contributed by atoms with Crippen molar-refractivity contribution in [2.24, 2.45) is 0 Å². The minimum atomic E-state index is 0.837. The van der Waals surface area contributed by atoms with Crippen LogP contribution in [0.3, 0.4) is 0 Å². The second kappa shape index (κ2) is 12.7. The van der Waals surface area contributed by atoms with E-state index in [4.69, 9.17) is 4.74 Å². The zero-order chi connectivity index (χ0) is 15.2. The number of unbranched alkanes of at least 4 members (excludes halogenated alkanes) is 6. The lowest BCUT2D eigenvalue weighted by Crippen LogP contribution is -2.14. The largest absolute Gasteiger partial charge is 0.494 e. The van der Waals surface area contributed by atoms with Gasteiger partial charge in [-0.1, -0.05) is 64.5 Å². The van der Waals surface area contributed by atoms with Crippen molar-refractivity contribution >= 4 is 0 Å². The Bertz CT molecular complexity index is 334. The molecule has 1 rings (SSSR count). The van der Waals surface area contributed by atoms with Crippen LogP contribution in [0.5, 0.6) is 5.75 Å². The third-order valence-corrected chi connectivity index (χ3v) is 3.73. The van der Waals surface area contributed by atoms with Crippen LogP contribution in [0, 0.1) is 0 Å². The van der Waals surface area contributed by atoms with Crippen molar-refractivity contribution in [3.8, 4) is 5.75 Å². The number of hydrogen-bond acceptors (Lipinski definition) is 2. The molecule has 21 heavy (non-hydrogen) atoms. The summed E-state index contributed by atoms with van der Waals surface area (Å²) in [5.41, 5.74) is 1.34. The molecular formula is C19H33NO. The number of nitrogens with one attached hydrogen (secondary N) is 1. The van der Waals surface area contributed by atoms with Crippen LogP contribution in [0.1, 0.15) is 70.8 Å². The molecule has 1 aromatic carbocycles. The molecule has 0 unspecified atom stereocenters. The molecule has 2 nitrogen and oxygen atoms in total. The average Bonchev–Trinajstić information content (AvgIpc) is 2.52. The highest BCUT2D eigenvalue weighted by molar-refractivity contribution is 5.27. The summed E-state index contributed by atoms with van der Waals surface area (Å²) in [7, 11) is 0. The molecule has 1 N–H and O–H groups in total. The zero-order valence-corrected chi connectivity index (χ0v) is 14.0. The van der Waals surface area contributed by atoms with Gasteiger partial charge in [-0.25, -0.2) is 0 Å². The second-order valence-corrected chi connectivity index (χ2v) is 5.79. The predicted molar refractivity (Wildman–Crippen MR) is 91.9 cm³/mol. The van der Waals surface area contributed by atoms with E-state index in [2.05, 4.69) is 43.4 Å². The lowest BCUT2D eigenvalue weighted by Gasteiger charge is -2.08. The van der Waals surface area contributed by atoms with E-state index in [1.807, 2.05) is 0 Å². The van der Waals surface area contributed by atoms with Gasteiger partial charge in [0.05, 0.1) is 6.61 Å². The van der Waals surface area contributed by atoms with Crippen molar-refractivity contribution in [1.82, 2.24) is 5.32 Å². The smallest absolute Gasteiger partial charge is 0.119 e. The summed E-state index contributed by atoms with van der Waals surface area (Å²) in [6, 6.07) is 8.51. The summed E-state index contributed by atoms with van der Waals surface area (Å²) in [6.07, 6.45) is 10.4. The fourth-order valence-electron chi connectivity index (χ4n) is 2.33. The van der Waals surface area contributed by atoms with Gasteiger partial charge in [0.15, 0.2) is 0 Å². The van der Waals surface area contributed by atoms with E-state index in [-0.39, 0.29) is 0 Å². The van der Waals surface area contributed by atoms with Crippen LogP contribution in [-0.4, -0.2) is 13.2 Å². The monoisotopic (exact) mass is 291 g/mol. The Kier molecular flexibility index (Phi) is 10.9. The van der Waals surface area contributed by atoms with Crippen LogP contribution in [0.4, 0.5) is 0 Å². The van der Waals surface area contributed by atoms with Gasteiger partial charge >= 0.3 is 0 Å². The highest BCUT2D eigenvalue weighted by Gasteiger charge is 1.96. The lowest BCUT2D eigenvalue weighted by atomic mass is 10.1. The molecule has 0 spiro atoms. The van der Waals surface area contributed by atoms with Crippen LogP contribution in [-0.2, 0) is 6.54 Å². The molecule has 0 aromatic heterocycles. The molecule has 120 valence electrons. The fraction of sp³-hybridized carbons (Fsp3) is 0.684. The summed E-state index contributed by atoms with van der Waals surface area (Å²) in [5, 5.41) is 3.52. The SMILES string of the molecule is CCCCCCCNCc1ccc(OCCCCC)cc1. The van der Waals surface area contributed by atoms with Crippen molar-refractivity contribution in [1.29, 1.82) is 0 Å². The minimum Gasteiger partial charge on any atom is -0.494 e. The maximum atomic E-state index is 5.72. The molecule has 0 fully saturated rings. The fourth-order valence-corrected chi connectivity index (χ4v) is 2.33. The summed E-state index contributed by atoms with van der Waals surface area (Å²) < 4.78 is 5.72. The van der Waals surface area contributed by atoms with Gasteiger partial charge in [-0.15, -0.1) is 0 Å². The third-order valence-electron chi connectivity index (χ3n) is 3.73. The van der Waals surface area contributed by atoms with Crippen LogP contribution in [0.2, 0.25) is 0 Å². The normalized spacial score (nSPS) is 10.8. The van der Waals surface area contributed by atoms with Crippen LogP contribution in [0.25, 0.3) is 0 Å². The van der Waals surface area contributed by atoms with Crippen LogP contribution >= 0.6 is 0 Å². The van der Waals surface area contributed by atoms with Gasteiger partial charge < -0.3 is 10.1 Å². The van der Waals surface area contributed by atoms with Gasteiger partial charge in [-0.2, -0.15) is 0 Å². The van der Waals surface area contributed by atoms with E-state index in [0.29, 0.717) is 0 Å². The van der Waals surface area contributed by atoms with Gasteiger partial charge in [-0.05, 0) is 37.1 Å². The van der Waals surface area contributed by atoms with E-state index in [1.165, 1.54) is 50.5 Å². The minimum absolute atomic E-state index is 0.837. The van der Waals surface area contributed by atoms with Gasteiger partial charge in [0.25, 0.3) is 0 Å². The summed E-state index contributed by atoms with van der Waals surface area (Å²) >= 11 is 0. The first-order valence-electron chi connectivity index (χ1n) is 8.79. The second-order valence-electron chi connectivity index (χ2n) is 5.79. The Morgan fingerprint density at radius 1 is 0.810 bits per heavy atom. The summed E-state index contributed by atoms with van der Waals surface area (Å²) in [6.45, 7) is 7.40. The predicted octanol–water partition coefficient (Wildman–Crippen LogP) is 5.32.